The molecule has 0 aliphatic heterocycles. The Morgan fingerprint density at radius 2 is 0.773 bits per heavy atom. The van der Waals surface area contributed by atoms with Crippen molar-refractivity contribution >= 4 is 0 Å². The normalized spacial score (nSPS) is 12.6. The molecule has 0 saturated heterocycles. The maximum absolute atomic E-state index is 2.33. The molecule has 0 aliphatic carbocycles. The molecule has 0 nitrogen and oxygen atoms in total. The predicted octanol–water partition coefficient (Wildman–Crippen LogP) is 7.93. The molecule has 0 aromatic heterocycles. The lowest BCUT2D eigenvalue weighted by molar-refractivity contribution is 0.674. The molecule has 0 radical (unpaired) electrons. The van der Waals surface area contributed by atoms with E-state index in [0.29, 0.717) is 0 Å². The summed E-state index contributed by atoms with van der Waals surface area (Å²) >= 11 is 0. The van der Waals surface area contributed by atoms with Crippen LogP contribution < -0.4 is 0 Å². The number of hydrogen-bond donors (Lipinski definition) is 0. The van der Waals surface area contributed by atoms with Gasteiger partial charge in [0.2, 0.25) is 0 Å². The number of allylic oxidation sites excluding steroid dienone is 8. The first-order valence-corrected chi connectivity index (χ1v) is 9.51. The molecule has 126 valence electrons. The Kier molecular flexibility index (Phi) is 19.0. The summed E-state index contributed by atoms with van der Waals surface area (Å²) in [5, 5.41) is 0. The number of hydrogen-bond acceptors (Lipinski definition) is 0. The predicted molar refractivity (Wildman–Crippen MR) is 103 cm³/mol. The van der Waals surface area contributed by atoms with Gasteiger partial charge in [0, 0.05) is 0 Å². The molecule has 22 heavy (non-hydrogen) atoms. The second-order valence-corrected chi connectivity index (χ2v) is 5.94. The van der Waals surface area contributed by atoms with Crippen molar-refractivity contribution in [2.24, 2.45) is 0 Å². The molecule has 0 saturated carbocycles. The Labute approximate surface area is 140 Å². The highest BCUT2D eigenvalue weighted by Gasteiger charge is 1.83. The van der Waals surface area contributed by atoms with Crippen LogP contribution in [0.15, 0.2) is 48.6 Å². The molecule has 0 fully saturated rings. The van der Waals surface area contributed by atoms with Crippen molar-refractivity contribution in [3.05, 3.63) is 48.6 Å². The number of unbranched alkanes of at least 4 members (excludes halogenated alkanes) is 7. The van der Waals surface area contributed by atoms with E-state index in [4.69, 9.17) is 0 Å². The van der Waals surface area contributed by atoms with Crippen LogP contribution in [0.4, 0.5) is 0 Å². The van der Waals surface area contributed by atoms with Gasteiger partial charge in [-0.2, -0.15) is 0 Å². The molecule has 0 heteroatoms. The van der Waals surface area contributed by atoms with E-state index < -0.39 is 0 Å². The molecule has 0 atom stereocenters. The van der Waals surface area contributed by atoms with Crippen LogP contribution in [0.1, 0.15) is 90.9 Å². The summed E-state index contributed by atoms with van der Waals surface area (Å²) in [7, 11) is 0. The minimum Gasteiger partial charge on any atom is -0.0882 e. The maximum Gasteiger partial charge on any atom is -0.0169 e. The zero-order valence-electron chi connectivity index (χ0n) is 15.1. The first-order valence-electron chi connectivity index (χ1n) is 9.51. The van der Waals surface area contributed by atoms with Crippen molar-refractivity contribution < 1.29 is 0 Å². The Morgan fingerprint density at radius 1 is 0.409 bits per heavy atom. The van der Waals surface area contributed by atoms with Gasteiger partial charge in [-0.05, 0) is 44.9 Å². The second-order valence-electron chi connectivity index (χ2n) is 5.94. The van der Waals surface area contributed by atoms with Crippen molar-refractivity contribution in [3.8, 4) is 0 Å². The third-order valence-electron chi connectivity index (χ3n) is 3.68. The van der Waals surface area contributed by atoms with Gasteiger partial charge in [0.25, 0.3) is 0 Å². The third kappa shape index (κ3) is 19.0. The van der Waals surface area contributed by atoms with Crippen molar-refractivity contribution in [2.45, 2.75) is 90.9 Å². The van der Waals surface area contributed by atoms with E-state index in [9.17, 15) is 0 Å². The summed E-state index contributed by atoms with van der Waals surface area (Å²) in [4.78, 5) is 0. The average Bonchev–Trinajstić information content (AvgIpc) is 2.54. The lowest BCUT2D eigenvalue weighted by atomic mass is 10.1. The molecule has 0 aromatic carbocycles. The molecular weight excluding hydrogens is 264 g/mol. The molecule has 0 heterocycles. The largest absolute Gasteiger partial charge is 0.0882 e. The Bertz CT molecular complexity index is 304. The summed E-state index contributed by atoms with van der Waals surface area (Å²) in [6.45, 7) is 4.52. The minimum absolute atomic E-state index is 1.06. The van der Waals surface area contributed by atoms with Gasteiger partial charge in [-0.25, -0.2) is 0 Å². The summed E-state index contributed by atoms with van der Waals surface area (Å²) < 4.78 is 0. The number of rotatable bonds is 15. The van der Waals surface area contributed by atoms with Crippen molar-refractivity contribution in [1.29, 1.82) is 0 Å². The van der Waals surface area contributed by atoms with Crippen molar-refractivity contribution in [1.82, 2.24) is 0 Å². The molecule has 0 aromatic rings. The minimum atomic E-state index is 1.06. The van der Waals surface area contributed by atoms with Crippen LogP contribution in [-0.2, 0) is 0 Å². The van der Waals surface area contributed by atoms with Crippen molar-refractivity contribution in [3.63, 3.8) is 0 Å². The standard InChI is InChI=1S/C22H38/c1-3-5-7-9-11-13-15-17-19-21-22-20-18-16-14-12-10-8-6-4-2/h11,13-14,16-17,19-20,22H,3-10,12,15,18,21H2,1-2H3/b13-11+,16-14+,19-17+,22-20+. The first-order chi connectivity index (χ1) is 10.9. The maximum atomic E-state index is 2.33. The highest BCUT2D eigenvalue weighted by molar-refractivity contribution is 4.99. The summed E-state index contributed by atoms with van der Waals surface area (Å²) in [6.07, 6.45) is 33.5. The Balaban J connectivity index is 3.35. The zero-order chi connectivity index (χ0) is 16.1. The van der Waals surface area contributed by atoms with Crippen molar-refractivity contribution in [2.75, 3.05) is 0 Å². The van der Waals surface area contributed by atoms with E-state index in [1.165, 1.54) is 57.8 Å². The highest BCUT2D eigenvalue weighted by Crippen LogP contribution is 2.03. The molecule has 0 spiro atoms. The molecule has 0 rings (SSSR count). The summed E-state index contributed by atoms with van der Waals surface area (Å²) in [5.74, 6) is 0. The van der Waals surface area contributed by atoms with Gasteiger partial charge >= 0.3 is 0 Å². The van der Waals surface area contributed by atoms with E-state index in [-0.39, 0.29) is 0 Å². The van der Waals surface area contributed by atoms with E-state index >= 15 is 0 Å². The SMILES string of the molecule is CCCCC/C=C/C/C=C/C/C=C/C/C=C/CCCCCC. The molecular formula is C22H38. The Morgan fingerprint density at radius 3 is 1.23 bits per heavy atom. The second kappa shape index (κ2) is 20.0. The van der Waals surface area contributed by atoms with E-state index in [1.807, 2.05) is 0 Å². The molecule has 0 bridgehead atoms. The zero-order valence-corrected chi connectivity index (χ0v) is 15.1. The van der Waals surface area contributed by atoms with Gasteiger partial charge in [0.05, 0.1) is 0 Å². The molecule has 0 N–H and O–H groups in total. The van der Waals surface area contributed by atoms with E-state index in [0.717, 1.165) is 19.3 Å². The van der Waals surface area contributed by atoms with Gasteiger partial charge in [0.1, 0.15) is 0 Å². The summed E-state index contributed by atoms with van der Waals surface area (Å²) in [5.41, 5.74) is 0. The smallest absolute Gasteiger partial charge is 0.0169 e. The van der Waals surface area contributed by atoms with Crippen LogP contribution in [0.25, 0.3) is 0 Å². The monoisotopic (exact) mass is 302 g/mol. The molecule has 0 unspecified atom stereocenters. The van der Waals surface area contributed by atoms with E-state index in [2.05, 4.69) is 62.5 Å². The lowest BCUT2D eigenvalue weighted by Gasteiger charge is -1.93. The Hall–Kier alpha value is -1.04. The van der Waals surface area contributed by atoms with Crippen LogP contribution in [0.3, 0.4) is 0 Å². The average molecular weight is 303 g/mol. The van der Waals surface area contributed by atoms with Crippen LogP contribution in [0, 0.1) is 0 Å². The molecule has 0 aliphatic rings. The van der Waals surface area contributed by atoms with Crippen LogP contribution in [0.5, 0.6) is 0 Å². The summed E-state index contributed by atoms with van der Waals surface area (Å²) in [6, 6.07) is 0. The molecule has 0 amide bonds. The lowest BCUT2D eigenvalue weighted by Crippen LogP contribution is -1.73. The van der Waals surface area contributed by atoms with Gasteiger partial charge in [0.15, 0.2) is 0 Å². The fraction of sp³-hybridized carbons (Fsp3) is 0.636. The fourth-order valence-corrected chi connectivity index (χ4v) is 2.25. The highest BCUT2D eigenvalue weighted by atomic mass is 13.9. The van der Waals surface area contributed by atoms with Gasteiger partial charge in [-0.1, -0.05) is 94.6 Å². The van der Waals surface area contributed by atoms with Crippen LogP contribution in [0.2, 0.25) is 0 Å². The first kappa shape index (κ1) is 21.0. The van der Waals surface area contributed by atoms with E-state index in [1.54, 1.807) is 0 Å². The van der Waals surface area contributed by atoms with Gasteiger partial charge < -0.3 is 0 Å². The van der Waals surface area contributed by atoms with Crippen LogP contribution >= 0.6 is 0 Å². The van der Waals surface area contributed by atoms with Gasteiger partial charge in [-0.3, -0.25) is 0 Å². The topological polar surface area (TPSA) is 0 Å². The fourth-order valence-electron chi connectivity index (χ4n) is 2.25. The van der Waals surface area contributed by atoms with Crippen LogP contribution in [-0.4, -0.2) is 0 Å². The third-order valence-corrected chi connectivity index (χ3v) is 3.68. The quantitative estimate of drug-likeness (QED) is 0.213. The van der Waals surface area contributed by atoms with Gasteiger partial charge in [-0.15, -0.1) is 0 Å².